The van der Waals surface area contributed by atoms with Gasteiger partial charge >= 0.3 is 0 Å². The maximum Gasteiger partial charge on any atom is 0.248 e. The van der Waals surface area contributed by atoms with Gasteiger partial charge in [-0.05, 0) is 24.3 Å². The number of nitrogens with zero attached hydrogens (tertiary/aromatic N) is 1. The minimum Gasteiger partial charge on any atom is -0.307 e. The number of carbonyl (C=O) groups is 1. The van der Waals surface area contributed by atoms with Gasteiger partial charge in [-0.25, -0.2) is 4.98 Å². The summed E-state index contributed by atoms with van der Waals surface area (Å²) >= 11 is 0. The predicted octanol–water partition coefficient (Wildman–Crippen LogP) is 2.36. The number of benzene rings is 1. The first-order chi connectivity index (χ1) is 7.29. The Morgan fingerprint density at radius 2 is 2.07 bits per heavy atom. The molecule has 0 saturated carbocycles. The van der Waals surface area contributed by atoms with E-state index >= 15 is 0 Å². The Bertz CT molecular complexity index is 520. The number of nitrogens with one attached hydrogen (secondary N) is 1. The van der Waals surface area contributed by atoms with E-state index in [-0.39, 0.29) is 5.91 Å². The van der Waals surface area contributed by atoms with Crippen LogP contribution in [0.4, 0.5) is 5.82 Å². The Hall–Kier alpha value is -2.16. The maximum absolute atomic E-state index is 11.0. The molecule has 2 rings (SSSR count). The minimum absolute atomic E-state index is 0.252. The minimum atomic E-state index is -0.252. The summed E-state index contributed by atoms with van der Waals surface area (Å²) in [6.45, 7) is 3.38. The lowest BCUT2D eigenvalue weighted by Gasteiger charge is -2.02. The molecular formula is C12H10N2O. The Morgan fingerprint density at radius 1 is 1.27 bits per heavy atom. The second-order valence-corrected chi connectivity index (χ2v) is 3.08. The highest BCUT2D eigenvalue weighted by atomic mass is 16.1. The average Bonchev–Trinajstić information content (AvgIpc) is 2.29. The molecule has 1 heterocycles. The molecule has 3 nitrogen and oxygen atoms in total. The maximum atomic E-state index is 11.0. The van der Waals surface area contributed by atoms with Crippen molar-refractivity contribution in [2.45, 2.75) is 0 Å². The molecule has 2 aromatic rings. The van der Waals surface area contributed by atoms with E-state index in [1.807, 2.05) is 30.3 Å². The molecule has 0 spiro atoms. The van der Waals surface area contributed by atoms with Gasteiger partial charge in [-0.2, -0.15) is 0 Å². The second kappa shape index (κ2) is 3.92. The summed E-state index contributed by atoms with van der Waals surface area (Å²) in [7, 11) is 0. The number of hydrogen-bond donors (Lipinski definition) is 1. The predicted molar refractivity (Wildman–Crippen MR) is 60.6 cm³/mol. The molecule has 74 valence electrons. The summed E-state index contributed by atoms with van der Waals surface area (Å²) in [4.78, 5) is 15.3. The third-order valence-corrected chi connectivity index (χ3v) is 2.04. The van der Waals surface area contributed by atoms with Crippen LogP contribution in [0, 0.1) is 0 Å². The van der Waals surface area contributed by atoms with Crippen molar-refractivity contribution in [2.75, 3.05) is 5.32 Å². The lowest BCUT2D eigenvalue weighted by Crippen LogP contribution is -2.08. The number of aromatic nitrogens is 1. The van der Waals surface area contributed by atoms with Gasteiger partial charge in [0.05, 0.1) is 5.52 Å². The third kappa shape index (κ3) is 2.02. The van der Waals surface area contributed by atoms with Crippen LogP contribution in [0.3, 0.4) is 0 Å². The van der Waals surface area contributed by atoms with Crippen molar-refractivity contribution in [1.82, 2.24) is 4.98 Å². The SMILES string of the molecule is C=CC(=O)Nc1ccc2ccccc2n1. The summed E-state index contributed by atoms with van der Waals surface area (Å²) < 4.78 is 0. The van der Waals surface area contributed by atoms with E-state index in [1.54, 1.807) is 6.07 Å². The zero-order valence-electron chi connectivity index (χ0n) is 8.10. The quantitative estimate of drug-likeness (QED) is 0.752. The van der Waals surface area contributed by atoms with Crippen molar-refractivity contribution >= 4 is 22.6 Å². The van der Waals surface area contributed by atoms with Gasteiger partial charge in [0, 0.05) is 5.39 Å². The molecular weight excluding hydrogens is 188 g/mol. The van der Waals surface area contributed by atoms with E-state index in [1.165, 1.54) is 6.08 Å². The molecule has 0 aliphatic heterocycles. The smallest absolute Gasteiger partial charge is 0.248 e. The van der Waals surface area contributed by atoms with Crippen LogP contribution in [0.15, 0.2) is 49.1 Å². The summed E-state index contributed by atoms with van der Waals surface area (Å²) in [5, 5.41) is 3.67. The fourth-order valence-electron chi connectivity index (χ4n) is 1.31. The normalized spacial score (nSPS) is 9.87. The fourth-order valence-corrected chi connectivity index (χ4v) is 1.31. The first-order valence-electron chi connectivity index (χ1n) is 4.59. The van der Waals surface area contributed by atoms with Gasteiger partial charge in [0.15, 0.2) is 0 Å². The Morgan fingerprint density at radius 3 is 2.87 bits per heavy atom. The van der Waals surface area contributed by atoms with Gasteiger partial charge in [0.1, 0.15) is 5.82 Å². The molecule has 0 atom stereocenters. The Kier molecular flexibility index (Phi) is 2.46. The van der Waals surface area contributed by atoms with Gasteiger partial charge in [0.2, 0.25) is 5.91 Å². The largest absolute Gasteiger partial charge is 0.307 e. The standard InChI is InChI=1S/C12H10N2O/c1-2-12(15)14-11-8-7-9-5-3-4-6-10(9)13-11/h2-8H,1H2,(H,13,14,15). The Labute approximate surface area is 87.4 Å². The van der Waals surface area contributed by atoms with Crippen LogP contribution in [0.5, 0.6) is 0 Å². The number of para-hydroxylation sites is 1. The monoisotopic (exact) mass is 198 g/mol. The molecule has 0 unspecified atom stereocenters. The summed E-state index contributed by atoms with van der Waals surface area (Å²) in [6.07, 6.45) is 1.22. The highest BCUT2D eigenvalue weighted by Crippen LogP contribution is 2.14. The van der Waals surface area contributed by atoms with E-state index in [9.17, 15) is 4.79 Å². The van der Waals surface area contributed by atoms with Crippen molar-refractivity contribution in [3.63, 3.8) is 0 Å². The molecule has 1 N–H and O–H groups in total. The number of anilines is 1. The summed E-state index contributed by atoms with van der Waals surface area (Å²) in [5.74, 6) is 0.288. The second-order valence-electron chi connectivity index (χ2n) is 3.08. The molecule has 0 radical (unpaired) electrons. The zero-order chi connectivity index (χ0) is 10.7. The van der Waals surface area contributed by atoms with Crippen molar-refractivity contribution in [1.29, 1.82) is 0 Å². The molecule has 0 saturated heterocycles. The molecule has 1 aromatic carbocycles. The van der Waals surface area contributed by atoms with Gasteiger partial charge < -0.3 is 5.32 Å². The van der Waals surface area contributed by atoms with Crippen LogP contribution in [-0.2, 0) is 4.79 Å². The summed E-state index contributed by atoms with van der Waals surface area (Å²) in [5.41, 5.74) is 0.861. The van der Waals surface area contributed by atoms with Crippen molar-refractivity contribution < 1.29 is 4.79 Å². The van der Waals surface area contributed by atoms with Crippen molar-refractivity contribution in [2.24, 2.45) is 0 Å². The molecule has 1 aromatic heterocycles. The van der Waals surface area contributed by atoms with E-state index < -0.39 is 0 Å². The average molecular weight is 198 g/mol. The number of carbonyl (C=O) groups excluding carboxylic acids is 1. The van der Waals surface area contributed by atoms with Crippen LogP contribution >= 0.6 is 0 Å². The van der Waals surface area contributed by atoms with E-state index in [4.69, 9.17) is 0 Å². The first-order valence-corrected chi connectivity index (χ1v) is 4.59. The molecule has 0 bridgehead atoms. The van der Waals surface area contributed by atoms with Gasteiger partial charge in [-0.3, -0.25) is 4.79 Å². The van der Waals surface area contributed by atoms with Gasteiger partial charge in [-0.1, -0.05) is 24.8 Å². The summed E-state index contributed by atoms with van der Waals surface area (Å²) in [6, 6.07) is 11.4. The van der Waals surface area contributed by atoms with Crippen molar-refractivity contribution in [3.8, 4) is 0 Å². The van der Waals surface area contributed by atoms with Crippen LogP contribution in [0.25, 0.3) is 10.9 Å². The van der Waals surface area contributed by atoms with E-state index in [0.717, 1.165) is 10.9 Å². The molecule has 0 fully saturated rings. The Balaban J connectivity index is 2.38. The number of amides is 1. The van der Waals surface area contributed by atoms with Crippen LogP contribution in [0.1, 0.15) is 0 Å². The molecule has 15 heavy (non-hydrogen) atoms. The lowest BCUT2D eigenvalue weighted by atomic mass is 10.2. The van der Waals surface area contributed by atoms with Crippen molar-refractivity contribution in [3.05, 3.63) is 49.1 Å². The third-order valence-electron chi connectivity index (χ3n) is 2.04. The van der Waals surface area contributed by atoms with Crippen LogP contribution < -0.4 is 5.32 Å². The fraction of sp³-hybridized carbons (Fsp3) is 0. The van der Waals surface area contributed by atoms with E-state index in [2.05, 4.69) is 16.9 Å². The number of pyridine rings is 1. The van der Waals surface area contributed by atoms with Gasteiger partial charge in [-0.15, -0.1) is 0 Å². The van der Waals surface area contributed by atoms with E-state index in [0.29, 0.717) is 5.82 Å². The molecule has 1 amide bonds. The highest BCUT2D eigenvalue weighted by Gasteiger charge is 1.99. The molecule has 3 heteroatoms. The number of fused-ring (bicyclic) bond motifs is 1. The topological polar surface area (TPSA) is 42.0 Å². The van der Waals surface area contributed by atoms with Crippen LogP contribution in [-0.4, -0.2) is 10.9 Å². The lowest BCUT2D eigenvalue weighted by molar-refractivity contribution is -0.111. The first kappa shape index (κ1) is 9.40. The zero-order valence-corrected chi connectivity index (χ0v) is 8.10. The van der Waals surface area contributed by atoms with Gasteiger partial charge in [0.25, 0.3) is 0 Å². The number of hydrogen-bond acceptors (Lipinski definition) is 2. The van der Waals surface area contributed by atoms with Crippen LogP contribution in [0.2, 0.25) is 0 Å². The molecule has 0 aliphatic carbocycles. The molecule has 0 aliphatic rings. The number of rotatable bonds is 2. The highest BCUT2D eigenvalue weighted by molar-refractivity contribution is 5.98.